The van der Waals surface area contributed by atoms with E-state index in [0.717, 1.165) is 53.3 Å². The summed E-state index contributed by atoms with van der Waals surface area (Å²) in [5.74, 6) is 1.50. The van der Waals surface area contributed by atoms with Gasteiger partial charge >= 0.3 is 31.4 Å². The summed E-state index contributed by atoms with van der Waals surface area (Å²) in [4.78, 5) is 57.0. The van der Waals surface area contributed by atoms with Crippen molar-refractivity contribution < 1.29 is 57.6 Å². The number of benzene rings is 4. The molecule has 22 heteroatoms. The number of carbonyl (C=O) groups excluding carboxylic acids is 4. The molecule has 0 spiro atoms. The van der Waals surface area contributed by atoms with Crippen molar-refractivity contribution in [3.63, 3.8) is 0 Å². The third-order valence-electron chi connectivity index (χ3n) is 13.4. The Morgan fingerprint density at radius 1 is 0.634 bits per heavy atom. The standard InChI is InChI=1S/C26H30N4O5.C18H19BrN2O3.C14H23BN2O4.C2H6/c1-26(2,3)35-25(33)29-15-20(13-27-29)19-8-10-21(11-9-19)30-22(17-31)16-28(24(30)32)14-18-6-5-7-23(12-18)34-4;1-24-17-4-2-3-13(9-17)10-20-11-16(12-22)21(18(20)23)15-7-5-14(19)6-8-15;1-12(2,3)19-11(18)17-9-10(8-16-17)15-20-13(4,5)14(6,7)21-15;1-2/h5-13,15,22,31H,14,16-17H2,1-4H3;2-9,16,22H,10-12H2,1H3;8-9H,1-7H3;1-2H3. The molecule has 3 aliphatic rings. The van der Waals surface area contributed by atoms with E-state index in [1.54, 1.807) is 79.4 Å². The molecule has 5 heterocycles. The summed E-state index contributed by atoms with van der Waals surface area (Å²) in [6.45, 7) is 24.3. The molecule has 0 saturated carbocycles. The molecule has 20 nitrogen and oxygen atoms in total. The molecule has 3 saturated heterocycles. The molecule has 0 radical (unpaired) electrons. The zero-order chi connectivity index (χ0) is 60.3. The van der Waals surface area contributed by atoms with E-state index in [2.05, 4.69) is 26.1 Å². The number of anilines is 2. The van der Waals surface area contributed by atoms with Crippen LogP contribution in [0.15, 0.2) is 126 Å². The van der Waals surface area contributed by atoms with Gasteiger partial charge in [0, 0.05) is 71.6 Å². The molecule has 2 N–H and O–H groups in total. The highest BCUT2D eigenvalue weighted by molar-refractivity contribution is 9.10. The number of halogens is 1. The Balaban J connectivity index is 0.000000203. The molecule has 0 aliphatic carbocycles. The first-order valence-corrected chi connectivity index (χ1v) is 27.9. The number of rotatable bonds is 12. The number of amides is 4. The van der Waals surface area contributed by atoms with E-state index in [1.165, 1.54) is 0 Å². The summed E-state index contributed by atoms with van der Waals surface area (Å²) < 4.78 is 36.2. The average Bonchev–Trinajstić information content (AvgIpc) is 3.59. The fourth-order valence-electron chi connectivity index (χ4n) is 8.76. The number of aliphatic hydroxyl groups excluding tert-OH is 2. The van der Waals surface area contributed by atoms with Gasteiger partial charge in [0.05, 0.1) is 56.9 Å². The monoisotopic (exact) mass is 1190 g/mol. The molecule has 4 amide bonds. The summed E-state index contributed by atoms with van der Waals surface area (Å²) in [7, 11) is 2.69. The first-order chi connectivity index (χ1) is 38.7. The maximum absolute atomic E-state index is 13.2. The Kier molecular flexibility index (Phi) is 21.2. The molecule has 3 aliphatic heterocycles. The highest BCUT2D eigenvalue weighted by Gasteiger charge is 2.52. The van der Waals surface area contributed by atoms with Gasteiger partial charge in [0.1, 0.15) is 22.7 Å². The maximum atomic E-state index is 13.2. The van der Waals surface area contributed by atoms with E-state index >= 15 is 0 Å². The number of carbonyl (C=O) groups is 4. The molecule has 6 aromatic rings. The Morgan fingerprint density at radius 2 is 1.05 bits per heavy atom. The van der Waals surface area contributed by atoms with Crippen LogP contribution in [-0.4, -0.2) is 146 Å². The van der Waals surface area contributed by atoms with Crippen molar-refractivity contribution in [1.29, 1.82) is 0 Å². The van der Waals surface area contributed by atoms with Crippen molar-refractivity contribution in [2.45, 2.75) is 131 Å². The van der Waals surface area contributed by atoms with Crippen molar-refractivity contribution >= 4 is 64.1 Å². The topological polar surface area (TPSA) is 213 Å². The lowest BCUT2D eigenvalue weighted by Crippen LogP contribution is -2.41. The molecular formula is C60H78BBrN8O12. The molecule has 9 rings (SSSR count). The normalized spacial score (nSPS) is 17.3. The van der Waals surface area contributed by atoms with Crippen molar-refractivity contribution in [3.8, 4) is 22.6 Å². The predicted octanol–water partition coefficient (Wildman–Crippen LogP) is 10.4. The van der Waals surface area contributed by atoms with Crippen LogP contribution in [0.25, 0.3) is 11.1 Å². The third kappa shape index (κ3) is 16.3. The molecule has 0 bridgehead atoms. The first kappa shape index (κ1) is 63.9. The zero-order valence-electron chi connectivity index (χ0n) is 49.5. The summed E-state index contributed by atoms with van der Waals surface area (Å²) in [5.41, 5.74) is 3.67. The molecule has 2 atom stereocenters. The van der Waals surface area contributed by atoms with Crippen LogP contribution in [0.4, 0.5) is 30.6 Å². The van der Waals surface area contributed by atoms with Gasteiger partial charge in [-0.2, -0.15) is 19.6 Å². The number of methoxy groups -OCH3 is 2. The second-order valence-corrected chi connectivity index (χ2v) is 23.3. The van der Waals surface area contributed by atoms with Crippen LogP contribution in [0.5, 0.6) is 11.5 Å². The molecule has 3 fully saturated rings. The van der Waals surface area contributed by atoms with Crippen LogP contribution >= 0.6 is 15.9 Å². The van der Waals surface area contributed by atoms with Gasteiger partial charge in [-0.3, -0.25) is 9.80 Å². The van der Waals surface area contributed by atoms with E-state index in [1.807, 2.05) is 159 Å². The lowest BCUT2D eigenvalue weighted by atomic mass is 9.82. The largest absolute Gasteiger partial charge is 0.498 e. The van der Waals surface area contributed by atoms with E-state index in [-0.39, 0.29) is 37.4 Å². The highest BCUT2D eigenvalue weighted by Crippen LogP contribution is 2.37. The number of aliphatic hydroxyl groups is 2. The SMILES string of the molecule is CC.CC(C)(C)OC(=O)n1cc(B2OC(C)(C)C(C)(C)O2)cn1.COc1cccc(CN2CC(CO)N(c3ccc(-c4cnn(C(=O)OC(C)(C)C)c4)cc3)C2=O)c1.COc1cccc(CN2CC(CO)N(c3ccc(Br)cc3)C2=O)c1. The van der Waals surface area contributed by atoms with Crippen molar-refractivity contribution in [2.75, 3.05) is 50.3 Å². The molecule has 440 valence electrons. The van der Waals surface area contributed by atoms with Gasteiger partial charge in [-0.15, -0.1) is 0 Å². The van der Waals surface area contributed by atoms with Crippen LogP contribution in [0.3, 0.4) is 0 Å². The van der Waals surface area contributed by atoms with E-state index in [0.29, 0.717) is 37.3 Å². The average molecular weight is 1190 g/mol. The minimum absolute atomic E-state index is 0.0730. The fraction of sp³-hybridized carbons (Fsp3) is 0.433. The summed E-state index contributed by atoms with van der Waals surface area (Å²) in [6.07, 6.45) is 5.26. The third-order valence-corrected chi connectivity index (χ3v) is 14.0. The second kappa shape index (κ2) is 27.2. The van der Waals surface area contributed by atoms with E-state index in [9.17, 15) is 29.4 Å². The lowest BCUT2D eigenvalue weighted by Gasteiger charge is -2.32. The van der Waals surface area contributed by atoms with Gasteiger partial charge in [-0.25, -0.2) is 19.2 Å². The molecule has 82 heavy (non-hydrogen) atoms. The number of urea groups is 2. The number of nitrogens with zero attached hydrogens (tertiary/aromatic N) is 8. The van der Waals surface area contributed by atoms with Gasteiger partial charge in [-0.05, 0) is 147 Å². The number of ether oxygens (including phenoxy) is 4. The van der Waals surface area contributed by atoms with Crippen molar-refractivity contribution in [1.82, 2.24) is 29.4 Å². The minimum Gasteiger partial charge on any atom is -0.497 e. The van der Waals surface area contributed by atoms with Crippen LogP contribution in [0.2, 0.25) is 0 Å². The van der Waals surface area contributed by atoms with Crippen LogP contribution in [0.1, 0.15) is 94.2 Å². The number of hydrogen-bond donors (Lipinski definition) is 2. The van der Waals surface area contributed by atoms with Gasteiger partial charge in [-0.1, -0.05) is 66.2 Å². The second-order valence-electron chi connectivity index (χ2n) is 22.4. The van der Waals surface area contributed by atoms with E-state index < -0.39 is 41.7 Å². The van der Waals surface area contributed by atoms with E-state index in [4.69, 9.17) is 28.3 Å². The summed E-state index contributed by atoms with van der Waals surface area (Å²) >= 11 is 3.40. The van der Waals surface area contributed by atoms with Crippen molar-refractivity contribution in [3.05, 3.63) is 137 Å². The summed E-state index contributed by atoms with van der Waals surface area (Å²) in [5, 5.41) is 27.8. The van der Waals surface area contributed by atoms with Crippen LogP contribution in [0, 0.1) is 0 Å². The number of hydrogen-bond acceptors (Lipinski definition) is 14. The summed E-state index contributed by atoms with van der Waals surface area (Å²) in [6, 6.07) is 29.3. The number of aromatic nitrogens is 4. The lowest BCUT2D eigenvalue weighted by molar-refractivity contribution is 0.00578. The minimum atomic E-state index is -0.614. The molecule has 4 aromatic carbocycles. The van der Waals surface area contributed by atoms with Gasteiger partial charge in [0.25, 0.3) is 0 Å². The Hall–Kier alpha value is -7.24. The van der Waals surface area contributed by atoms with Gasteiger partial charge < -0.3 is 48.3 Å². The van der Waals surface area contributed by atoms with Crippen molar-refractivity contribution in [2.24, 2.45) is 0 Å². The Morgan fingerprint density at radius 3 is 1.46 bits per heavy atom. The Labute approximate surface area is 490 Å². The highest BCUT2D eigenvalue weighted by atomic mass is 79.9. The molecule has 2 unspecified atom stereocenters. The van der Waals surface area contributed by atoms with Gasteiger partial charge in [0.15, 0.2) is 0 Å². The predicted molar refractivity (Wildman–Crippen MR) is 319 cm³/mol. The molecular weight excluding hydrogens is 1120 g/mol. The van der Waals surface area contributed by atoms with Crippen LogP contribution in [-0.2, 0) is 31.9 Å². The Bertz CT molecular complexity index is 3090. The van der Waals surface area contributed by atoms with Crippen LogP contribution < -0.4 is 24.7 Å². The quantitative estimate of drug-likeness (QED) is 0.109. The first-order valence-electron chi connectivity index (χ1n) is 27.1. The zero-order valence-corrected chi connectivity index (χ0v) is 51.0. The maximum Gasteiger partial charge on any atom is 0.498 e. The smallest absolute Gasteiger partial charge is 0.497 e. The van der Waals surface area contributed by atoms with Gasteiger partial charge in [0.2, 0.25) is 0 Å². The molecule has 2 aromatic heterocycles. The fourth-order valence-corrected chi connectivity index (χ4v) is 9.02.